The van der Waals surface area contributed by atoms with Crippen molar-refractivity contribution >= 4 is 28.4 Å². The largest absolute Gasteiger partial charge is 0.345 e. The van der Waals surface area contributed by atoms with E-state index in [1.165, 1.54) is 4.90 Å². The molecule has 0 bridgehead atoms. The van der Waals surface area contributed by atoms with Gasteiger partial charge in [0, 0.05) is 30.7 Å². The number of nitrogens with zero attached hydrogens (tertiary/aromatic N) is 3. The summed E-state index contributed by atoms with van der Waals surface area (Å²) in [4.78, 5) is 33.0. The molecular formula is C21H19N3O2. The Morgan fingerprint density at radius 2 is 1.77 bits per heavy atom. The summed E-state index contributed by atoms with van der Waals surface area (Å²) in [6.07, 6.45) is 0. The van der Waals surface area contributed by atoms with Crippen LogP contribution in [0, 0.1) is 6.92 Å². The molecule has 0 unspecified atom stereocenters. The first-order chi connectivity index (χ1) is 12.5. The number of aryl methyl sites for hydroxylation is 1. The molecule has 2 aromatic carbocycles. The number of benzene rings is 2. The van der Waals surface area contributed by atoms with Crippen LogP contribution in [0.3, 0.4) is 0 Å². The van der Waals surface area contributed by atoms with Crippen molar-refractivity contribution in [3.63, 3.8) is 0 Å². The summed E-state index contributed by atoms with van der Waals surface area (Å²) in [7, 11) is 3.44. The summed E-state index contributed by atoms with van der Waals surface area (Å²) in [6.45, 7) is 2.42. The lowest BCUT2D eigenvalue weighted by atomic mass is 10.0. The maximum absolute atomic E-state index is 13.0. The van der Waals surface area contributed by atoms with Crippen molar-refractivity contribution in [2.75, 3.05) is 19.0 Å². The van der Waals surface area contributed by atoms with E-state index in [1.54, 1.807) is 31.1 Å². The van der Waals surface area contributed by atoms with Crippen LogP contribution in [0.2, 0.25) is 0 Å². The Morgan fingerprint density at radius 3 is 2.46 bits per heavy atom. The van der Waals surface area contributed by atoms with E-state index in [0.29, 0.717) is 17.7 Å². The number of rotatable bonds is 2. The van der Waals surface area contributed by atoms with Gasteiger partial charge in [0.15, 0.2) is 0 Å². The zero-order valence-electron chi connectivity index (χ0n) is 15.0. The van der Waals surface area contributed by atoms with Gasteiger partial charge in [-0.25, -0.2) is 0 Å². The third-order valence-electron chi connectivity index (χ3n) is 4.83. The molecule has 0 aliphatic carbocycles. The standard InChI is InChI=1S/C21H19N3O2/c1-13-16-6-4-5-7-17(16)22-18-12-24(21(26)19(13)18)15-10-8-14(9-11-15)20(25)23(2)3/h4-11H,12H2,1-3H3. The van der Waals surface area contributed by atoms with Crippen molar-refractivity contribution in [3.05, 3.63) is 70.9 Å². The lowest BCUT2D eigenvalue weighted by molar-refractivity contribution is 0.0827. The Kier molecular flexibility index (Phi) is 3.72. The zero-order valence-corrected chi connectivity index (χ0v) is 15.0. The summed E-state index contributed by atoms with van der Waals surface area (Å²) in [6, 6.07) is 15.0. The zero-order chi connectivity index (χ0) is 18.4. The third kappa shape index (κ3) is 2.44. The van der Waals surface area contributed by atoms with Crippen LogP contribution in [-0.4, -0.2) is 35.8 Å². The number of para-hydroxylation sites is 1. The minimum absolute atomic E-state index is 0.0394. The van der Waals surface area contributed by atoms with Gasteiger partial charge in [-0.05, 0) is 42.8 Å². The van der Waals surface area contributed by atoms with E-state index in [0.717, 1.165) is 27.8 Å². The summed E-state index contributed by atoms with van der Waals surface area (Å²) in [5.41, 5.74) is 4.74. The highest BCUT2D eigenvalue weighted by molar-refractivity contribution is 6.12. The fourth-order valence-corrected chi connectivity index (χ4v) is 3.45. The van der Waals surface area contributed by atoms with Gasteiger partial charge in [0.2, 0.25) is 0 Å². The van der Waals surface area contributed by atoms with E-state index in [2.05, 4.69) is 4.98 Å². The third-order valence-corrected chi connectivity index (χ3v) is 4.83. The van der Waals surface area contributed by atoms with Crippen LogP contribution in [0.4, 0.5) is 5.69 Å². The van der Waals surface area contributed by atoms with Crippen LogP contribution in [0.1, 0.15) is 32.0 Å². The van der Waals surface area contributed by atoms with Crippen molar-refractivity contribution in [2.24, 2.45) is 0 Å². The minimum atomic E-state index is -0.0589. The van der Waals surface area contributed by atoms with Crippen LogP contribution >= 0.6 is 0 Å². The summed E-state index contributed by atoms with van der Waals surface area (Å²) < 4.78 is 0. The van der Waals surface area contributed by atoms with Crippen molar-refractivity contribution in [3.8, 4) is 0 Å². The number of hydrogen-bond acceptors (Lipinski definition) is 3. The average molecular weight is 345 g/mol. The molecule has 0 fully saturated rings. The molecule has 0 saturated carbocycles. The predicted molar refractivity (Wildman–Crippen MR) is 101 cm³/mol. The van der Waals surface area contributed by atoms with Crippen LogP contribution in [0.5, 0.6) is 0 Å². The van der Waals surface area contributed by atoms with Crippen LogP contribution in [0.15, 0.2) is 48.5 Å². The molecule has 1 aliphatic heterocycles. The molecule has 0 atom stereocenters. The quantitative estimate of drug-likeness (QED) is 0.715. The van der Waals surface area contributed by atoms with E-state index in [9.17, 15) is 9.59 Å². The number of pyridine rings is 1. The Bertz CT molecular complexity index is 1040. The van der Waals surface area contributed by atoms with E-state index in [-0.39, 0.29) is 11.8 Å². The first-order valence-corrected chi connectivity index (χ1v) is 8.49. The Labute approximate surface area is 151 Å². The average Bonchev–Trinajstić information content (AvgIpc) is 2.98. The minimum Gasteiger partial charge on any atom is -0.345 e. The van der Waals surface area contributed by atoms with E-state index < -0.39 is 0 Å². The smallest absolute Gasteiger partial charge is 0.260 e. The van der Waals surface area contributed by atoms with Gasteiger partial charge in [0.05, 0.1) is 23.3 Å². The SMILES string of the molecule is Cc1c2c(nc3ccccc13)CN(c1ccc(C(=O)N(C)C)cc1)C2=O. The normalized spacial score (nSPS) is 13.2. The topological polar surface area (TPSA) is 53.5 Å². The molecule has 26 heavy (non-hydrogen) atoms. The number of carbonyl (C=O) groups is 2. The Hall–Kier alpha value is -3.21. The van der Waals surface area contributed by atoms with Gasteiger partial charge in [-0.1, -0.05) is 18.2 Å². The predicted octanol–water partition coefficient (Wildman–Crippen LogP) is 3.41. The molecule has 0 N–H and O–H groups in total. The molecule has 130 valence electrons. The molecule has 2 amide bonds. The molecule has 4 rings (SSSR count). The van der Waals surface area contributed by atoms with Crippen molar-refractivity contribution in [1.82, 2.24) is 9.88 Å². The van der Waals surface area contributed by atoms with Gasteiger partial charge in [0.1, 0.15) is 0 Å². The maximum atomic E-state index is 13.0. The Balaban J connectivity index is 1.71. The lowest BCUT2D eigenvalue weighted by Gasteiger charge is -2.16. The van der Waals surface area contributed by atoms with Gasteiger partial charge in [-0.15, -0.1) is 0 Å². The number of hydrogen-bond donors (Lipinski definition) is 0. The van der Waals surface area contributed by atoms with Gasteiger partial charge < -0.3 is 9.80 Å². The molecule has 5 heteroatoms. The molecule has 0 radical (unpaired) electrons. The summed E-state index contributed by atoms with van der Waals surface area (Å²) >= 11 is 0. The number of amides is 2. The molecular weight excluding hydrogens is 326 g/mol. The number of aromatic nitrogens is 1. The fraction of sp³-hybridized carbons (Fsp3) is 0.190. The summed E-state index contributed by atoms with van der Waals surface area (Å²) in [5.74, 6) is -0.0983. The molecule has 2 heterocycles. The monoisotopic (exact) mass is 345 g/mol. The van der Waals surface area contributed by atoms with Crippen LogP contribution < -0.4 is 4.90 Å². The molecule has 1 aliphatic rings. The molecule has 5 nitrogen and oxygen atoms in total. The molecule has 1 aromatic heterocycles. The van der Waals surface area contributed by atoms with Crippen molar-refractivity contribution in [1.29, 1.82) is 0 Å². The fourth-order valence-electron chi connectivity index (χ4n) is 3.45. The first-order valence-electron chi connectivity index (χ1n) is 8.49. The van der Waals surface area contributed by atoms with Crippen LogP contribution in [0.25, 0.3) is 10.9 Å². The molecule has 0 saturated heterocycles. The second-order valence-electron chi connectivity index (χ2n) is 6.71. The van der Waals surface area contributed by atoms with Gasteiger partial charge >= 0.3 is 0 Å². The first kappa shape index (κ1) is 16.3. The van der Waals surface area contributed by atoms with E-state index in [1.807, 2.05) is 43.3 Å². The Morgan fingerprint density at radius 1 is 1.08 bits per heavy atom. The van der Waals surface area contributed by atoms with Gasteiger partial charge in [-0.3, -0.25) is 14.6 Å². The lowest BCUT2D eigenvalue weighted by Crippen LogP contribution is -2.24. The summed E-state index contributed by atoms with van der Waals surface area (Å²) in [5, 5.41) is 1.01. The van der Waals surface area contributed by atoms with Crippen molar-refractivity contribution < 1.29 is 9.59 Å². The van der Waals surface area contributed by atoms with E-state index >= 15 is 0 Å². The van der Waals surface area contributed by atoms with E-state index in [4.69, 9.17) is 0 Å². The maximum Gasteiger partial charge on any atom is 0.260 e. The highest BCUT2D eigenvalue weighted by Gasteiger charge is 2.32. The van der Waals surface area contributed by atoms with Crippen molar-refractivity contribution in [2.45, 2.75) is 13.5 Å². The highest BCUT2D eigenvalue weighted by Crippen LogP contribution is 2.32. The van der Waals surface area contributed by atoms with Gasteiger partial charge in [-0.2, -0.15) is 0 Å². The number of carbonyl (C=O) groups excluding carboxylic acids is 2. The number of fused-ring (bicyclic) bond motifs is 2. The van der Waals surface area contributed by atoms with Crippen LogP contribution in [-0.2, 0) is 6.54 Å². The second kappa shape index (κ2) is 5.95. The second-order valence-corrected chi connectivity index (χ2v) is 6.71. The highest BCUT2D eigenvalue weighted by atomic mass is 16.2. The number of anilines is 1. The molecule has 0 spiro atoms. The molecule has 3 aromatic rings. The van der Waals surface area contributed by atoms with Gasteiger partial charge in [0.25, 0.3) is 11.8 Å².